The van der Waals surface area contributed by atoms with Gasteiger partial charge in [-0.2, -0.15) is 0 Å². The van der Waals surface area contributed by atoms with Gasteiger partial charge in [0.2, 0.25) is 0 Å². The highest BCUT2D eigenvalue weighted by atomic mass is 127. The smallest absolute Gasteiger partial charge is 0.414 e. The zero-order chi connectivity index (χ0) is 15.1. The number of anilines is 1. The van der Waals surface area contributed by atoms with Crippen LogP contribution in [0, 0.1) is 3.57 Å². The summed E-state index contributed by atoms with van der Waals surface area (Å²) in [5.41, 5.74) is 1.79. The second-order valence-corrected chi connectivity index (χ2v) is 5.55. The van der Waals surface area contributed by atoms with E-state index in [0.29, 0.717) is 6.54 Å². The van der Waals surface area contributed by atoms with Crippen molar-refractivity contribution in [3.63, 3.8) is 0 Å². The first-order chi connectivity index (χ1) is 10.2. The molecule has 0 N–H and O–H groups in total. The van der Waals surface area contributed by atoms with Crippen LogP contribution < -0.4 is 4.90 Å². The summed E-state index contributed by atoms with van der Waals surface area (Å²) in [6.07, 6.45) is 1.32. The molecule has 2 aromatic carbocycles. The zero-order valence-corrected chi connectivity index (χ0v) is 13.7. The normalized spacial score (nSPS) is 9.95. The fourth-order valence-corrected chi connectivity index (χ4v) is 2.55. The summed E-state index contributed by atoms with van der Waals surface area (Å²) in [6, 6.07) is 17.3. The first-order valence-corrected chi connectivity index (χ1v) is 7.64. The predicted molar refractivity (Wildman–Crippen MR) is 93.3 cm³/mol. The van der Waals surface area contributed by atoms with Crippen LogP contribution >= 0.6 is 22.6 Å². The summed E-state index contributed by atoms with van der Waals surface area (Å²) in [7, 11) is 0. The van der Waals surface area contributed by atoms with E-state index in [1.807, 2.05) is 54.6 Å². The number of nitrogens with zero attached hydrogens (tertiary/aromatic N) is 1. The molecular weight excluding hydrogens is 377 g/mol. The Morgan fingerprint density at radius 2 is 1.81 bits per heavy atom. The van der Waals surface area contributed by atoms with Crippen LogP contribution in [-0.4, -0.2) is 12.6 Å². The Labute approximate surface area is 138 Å². The first-order valence-electron chi connectivity index (χ1n) is 6.56. The molecule has 3 nitrogen and oxygen atoms in total. The van der Waals surface area contributed by atoms with Gasteiger partial charge in [-0.05, 0) is 40.3 Å². The second-order valence-electron chi connectivity index (χ2n) is 4.39. The van der Waals surface area contributed by atoms with Gasteiger partial charge in [-0.1, -0.05) is 48.5 Å². The molecule has 0 fully saturated rings. The van der Waals surface area contributed by atoms with Crippen LogP contribution in [0.2, 0.25) is 0 Å². The molecule has 0 aliphatic carbocycles. The first kappa shape index (κ1) is 15.6. The lowest BCUT2D eigenvalue weighted by Crippen LogP contribution is -2.32. The molecular formula is C17H16INO2. The third kappa shape index (κ3) is 4.32. The Morgan fingerprint density at radius 3 is 2.48 bits per heavy atom. The Bertz CT molecular complexity index is 613. The number of rotatable bonds is 5. The minimum absolute atomic E-state index is 0.261. The zero-order valence-electron chi connectivity index (χ0n) is 11.5. The highest BCUT2D eigenvalue weighted by Crippen LogP contribution is 2.23. The van der Waals surface area contributed by atoms with E-state index >= 15 is 0 Å². The molecule has 4 heteroatoms. The second kappa shape index (κ2) is 7.83. The summed E-state index contributed by atoms with van der Waals surface area (Å²) >= 11 is 2.20. The molecule has 2 rings (SSSR count). The van der Waals surface area contributed by atoms with E-state index in [1.165, 1.54) is 0 Å². The summed E-state index contributed by atoms with van der Waals surface area (Å²) in [6.45, 7) is 4.38. The number of carbonyl (C=O) groups is 1. The molecule has 0 aromatic heterocycles. The summed E-state index contributed by atoms with van der Waals surface area (Å²) in [4.78, 5) is 13.9. The molecule has 21 heavy (non-hydrogen) atoms. The van der Waals surface area contributed by atoms with Gasteiger partial charge in [0, 0.05) is 10.1 Å². The van der Waals surface area contributed by atoms with Crippen molar-refractivity contribution in [3.8, 4) is 0 Å². The van der Waals surface area contributed by atoms with Crippen LogP contribution in [0.15, 0.2) is 67.3 Å². The van der Waals surface area contributed by atoms with E-state index in [1.54, 1.807) is 11.0 Å². The number of ether oxygens (including phenoxy) is 1. The largest absolute Gasteiger partial charge is 0.444 e. The Balaban J connectivity index is 2.09. The van der Waals surface area contributed by atoms with E-state index in [2.05, 4.69) is 29.2 Å². The molecule has 0 aliphatic rings. The van der Waals surface area contributed by atoms with Crippen molar-refractivity contribution in [2.24, 2.45) is 0 Å². The summed E-state index contributed by atoms with van der Waals surface area (Å²) in [5.74, 6) is 0. The number of para-hydroxylation sites is 1. The van der Waals surface area contributed by atoms with Crippen molar-refractivity contribution in [3.05, 3.63) is 76.4 Å². The maximum Gasteiger partial charge on any atom is 0.414 e. The molecule has 0 bridgehead atoms. The number of hydrogen-bond acceptors (Lipinski definition) is 2. The number of halogens is 1. The van der Waals surface area contributed by atoms with Crippen molar-refractivity contribution in [1.29, 1.82) is 0 Å². The number of amides is 1. The lowest BCUT2D eigenvalue weighted by atomic mass is 10.2. The third-order valence-corrected chi connectivity index (χ3v) is 3.79. The molecule has 0 radical (unpaired) electrons. The van der Waals surface area contributed by atoms with Gasteiger partial charge in [-0.25, -0.2) is 4.79 Å². The molecule has 0 saturated carbocycles. The highest BCUT2D eigenvalue weighted by Gasteiger charge is 2.18. The number of carbonyl (C=O) groups excluding carboxylic acids is 1. The third-order valence-electron chi connectivity index (χ3n) is 2.88. The molecule has 0 spiro atoms. The van der Waals surface area contributed by atoms with Crippen LogP contribution in [0.3, 0.4) is 0 Å². The standard InChI is InChI=1S/C17H16INO2/c1-2-12-19(16-11-7-6-10-15(16)18)17(20)21-13-14-8-4-3-5-9-14/h2-11H,1,12-13H2. The van der Waals surface area contributed by atoms with Crippen molar-refractivity contribution in [2.45, 2.75) is 6.61 Å². The van der Waals surface area contributed by atoms with Gasteiger partial charge in [-0.15, -0.1) is 6.58 Å². The van der Waals surface area contributed by atoms with E-state index < -0.39 is 0 Å². The van der Waals surface area contributed by atoms with Crippen molar-refractivity contribution >= 4 is 34.4 Å². The number of benzene rings is 2. The molecule has 0 aliphatic heterocycles. The fraction of sp³-hybridized carbons (Fsp3) is 0.118. The summed E-state index contributed by atoms with van der Waals surface area (Å²) in [5, 5.41) is 0. The van der Waals surface area contributed by atoms with Crippen LogP contribution in [0.1, 0.15) is 5.56 Å². The average Bonchev–Trinajstić information content (AvgIpc) is 2.52. The molecule has 0 atom stereocenters. The van der Waals surface area contributed by atoms with E-state index in [-0.39, 0.29) is 12.7 Å². The minimum Gasteiger partial charge on any atom is -0.444 e. The fourth-order valence-electron chi connectivity index (χ4n) is 1.87. The van der Waals surface area contributed by atoms with Crippen LogP contribution in [0.25, 0.3) is 0 Å². The van der Waals surface area contributed by atoms with Gasteiger partial charge >= 0.3 is 6.09 Å². The van der Waals surface area contributed by atoms with E-state index in [0.717, 1.165) is 14.8 Å². The topological polar surface area (TPSA) is 29.5 Å². The van der Waals surface area contributed by atoms with E-state index in [4.69, 9.17) is 4.74 Å². The summed E-state index contributed by atoms with van der Waals surface area (Å²) < 4.78 is 6.38. The number of hydrogen-bond donors (Lipinski definition) is 0. The Kier molecular flexibility index (Phi) is 5.80. The van der Waals surface area contributed by atoms with Gasteiger partial charge in [-0.3, -0.25) is 4.90 Å². The van der Waals surface area contributed by atoms with Crippen LogP contribution in [0.4, 0.5) is 10.5 Å². The average molecular weight is 393 g/mol. The molecule has 0 unspecified atom stereocenters. The Hall–Kier alpha value is -1.82. The van der Waals surface area contributed by atoms with Crippen molar-refractivity contribution < 1.29 is 9.53 Å². The lowest BCUT2D eigenvalue weighted by Gasteiger charge is -2.22. The van der Waals surface area contributed by atoms with Gasteiger partial charge < -0.3 is 4.74 Å². The maximum absolute atomic E-state index is 12.3. The SMILES string of the molecule is C=CCN(C(=O)OCc1ccccc1)c1ccccc1I. The maximum atomic E-state index is 12.3. The predicted octanol–water partition coefficient (Wildman–Crippen LogP) is 4.62. The van der Waals surface area contributed by atoms with Gasteiger partial charge in [0.05, 0.1) is 5.69 Å². The Morgan fingerprint density at radius 1 is 1.14 bits per heavy atom. The molecule has 1 amide bonds. The van der Waals surface area contributed by atoms with Gasteiger partial charge in [0.25, 0.3) is 0 Å². The highest BCUT2D eigenvalue weighted by molar-refractivity contribution is 14.1. The van der Waals surface area contributed by atoms with Crippen molar-refractivity contribution in [2.75, 3.05) is 11.4 Å². The molecule has 108 valence electrons. The molecule has 0 heterocycles. The minimum atomic E-state index is -0.372. The van der Waals surface area contributed by atoms with Gasteiger partial charge in [0.15, 0.2) is 0 Å². The molecule has 0 saturated heterocycles. The van der Waals surface area contributed by atoms with Gasteiger partial charge in [0.1, 0.15) is 6.61 Å². The van der Waals surface area contributed by atoms with Crippen LogP contribution in [0.5, 0.6) is 0 Å². The monoisotopic (exact) mass is 393 g/mol. The quantitative estimate of drug-likeness (QED) is 0.548. The van der Waals surface area contributed by atoms with Crippen molar-refractivity contribution in [1.82, 2.24) is 0 Å². The lowest BCUT2D eigenvalue weighted by molar-refractivity contribution is 0.147. The van der Waals surface area contributed by atoms with Crippen LogP contribution in [-0.2, 0) is 11.3 Å². The van der Waals surface area contributed by atoms with E-state index in [9.17, 15) is 4.79 Å². The molecule has 2 aromatic rings.